The molecule has 2 aliphatic heterocycles. The van der Waals surface area contributed by atoms with Crippen molar-refractivity contribution in [1.82, 2.24) is 9.88 Å². The van der Waals surface area contributed by atoms with Crippen LogP contribution in [-0.2, 0) is 11.3 Å². The number of hydrogen-bond donors (Lipinski definition) is 0. The zero-order chi connectivity index (χ0) is 16.4. The zero-order valence-corrected chi connectivity index (χ0v) is 13.5. The van der Waals surface area contributed by atoms with E-state index in [2.05, 4.69) is 9.88 Å². The minimum absolute atomic E-state index is 0.0680. The van der Waals surface area contributed by atoms with E-state index >= 15 is 0 Å². The van der Waals surface area contributed by atoms with Crippen molar-refractivity contribution in [2.45, 2.75) is 37.5 Å². The smallest absolute Gasteiger partial charge is 0.250 e. The maximum atomic E-state index is 13.7. The molecule has 4 heterocycles. The van der Waals surface area contributed by atoms with E-state index in [1.807, 2.05) is 12.1 Å². The van der Waals surface area contributed by atoms with Gasteiger partial charge in [0.1, 0.15) is 11.9 Å². The van der Waals surface area contributed by atoms with E-state index in [1.165, 1.54) is 12.3 Å². The van der Waals surface area contributed by atoms with Gasteiger partial charge >= 0.3 is 0 Å². The topological polar surface area (TPSA) is 47.7 Å². The Hall–Kier alpha value is -1.92. The third-order valence-electron chi connectivity index (χ3n) is 4.90. The van der Waals surface area contributed by atoms with Crippen LogP contribution in [0.1, 0.15) is 25.0 Å². The average Bonchev–Trinajstić information content (AvgIpc) is 3.23. The van der Waals surface area contributed by atoms with Gasteiger partial charge in [-0.2, -0.15) is 0 Å². The molecule has 0 amide bonds. The Bertz CT molecular complexity index is 669. The van der Waals surface area contributed by atoms with Crippen LogP contribution in [0.2, 0.25) is 0 Å². The highest BCUT2D eigenvalue weighted by atomic mass is 19.1. The fourth-order valence-electron chi connectivity index (χ4n) is 3.58. The van der Waals surface area contributed by atoms with Crippen LogP contribution in [-0.4, -0.2) is 41.3 Å². The van der Waals surface area contributed by atoms with E-state index in [0.29, 0.717) is 6.61 Å². The molecule has 2 aromatic heterocycles. The fraction of sp³-hybridized carbons (Fsp3) is 0.500. The second-order valence-corrected chi connectivity index (χ2v) is 6.58. The summed E-state index contributed by atoms with van der Waals surface area (Å²) in [6.07, 6.45) is 5.82. The van der Waals surface area contributed by atoms with Crippen molar-refractivity contribution in [3.63, 3.8) is 0 Å². The maximum Gasteiger partial charge on any atom is 0.250 e. The minimum Gasteiger partial charge on any atom is -0.470 e. The molecule has 0 bridgehead atoms. The largest absolute Gasteiger partial charge is 0.470 e. The highest BCUT2D eigenvalue weighted by Gasteiger charge is 2.43. The second-order valence-electron chi connectivity index (χ2n) is 6.58. The quantitative estimate of drug-likeness (QED) is 0.861. The lowest BCUT2D eigenvalue weighted by Crippen LogP contribution is -2.44. The van der Waals surface area contributed by atoms with Gasteiger partial charge in [-0.15, -0.1) is 0 Å². The van der Waals surface area contributed by atoms with Crippen LogP contribution < -0.4 is 4.74 Å². The molecule has 2 aromatic rings. The number of likely N-dealkylation sites (tertiary alicyclic amines) is 1. The van der Waals surface area contributed by atoms with Gasteiger partial charge in [0.05, 0.1) is 25.0 Å². The van der Waals surface area contributed by atoms with Gasteiger partial charge in [0, 0.05) is 25.7 Å². The van der Waals surface area contributed by atoms with E-state index in [1.54, 1.807) is 12.3 Å². The molecule has 0 aromatic carbocycles. The fourth-order valence-corrected chi connectivity index (χ4v) is 3.58. The monoisotopic (exact) mass is 332 g/mol. The predicted octanol–water partition coefficient (Wildman–Crippen LogP) is 3.02. The van der Waals surface area contributed by atoms with Crippen molar-refractivity contribution in [3.05, 3.63) is 48.3 Å². The van der Waals surface area contributed by atoms with Crippen molar-refractivity contribution in [2.24, 2.45) is 0 Å². The highest BCUT2D eigenvalue weighted by molar-refractivity contribution is 5.13. The Balaban J connectivity index is 1.31. The number of furan rings is 1. The molecule has 24 heavy (non-hydrogen) atoms. The number of rotatable bonds is 4. The molecule has 0 aliphatic carbocycles. The summed E-state index contributed by atoms with van der Waals surface area (Å²) in [6, 6.07) is 6.84. The van der Waals surface area contributed by atoms with E-state index in [-0.39, 0.29) is 17.6 Å². The molecular weight excluding hydrogens is 311 g/mol. The molecule has 0 radical (unpaired) electrons. The molecule has 128 valence electrons. The van der Waals surface area contributed by atoms with Crippen LogP contribution in [0.4, 0.5) is 4.39 Å². The molecule has 0 N–H and O–H groups in total. The van der Waals surface area contributed by atoms with Gasteiger partial charge in [-0.25, -0.2) is 9.37 Å². The summed E-state index contributed by atoms with van der Waals surface area (Å²) in [6.45, 7) is 3.26. The SMILES string of the molecule is Fc1cccnc1OC1COC2(CCN(Cc3ccco3)CC2)C1. The van der Waals surface area contributed by atoms with Crippen LogP contribution in [0.15, 0.2) is 41.1 Å². The molecule has 5 nitrogen and oxygen atoms in total. The predicted molar refractivity (Wildman–Crippen MR) is 85.1 cm³/mol. The second kappa shape index (κ2) is 6.53. The molecule has 1 spiro atoms. The maximum absolute atomic E-state index is 13.7. The Morgan fingerprint density at radius 3 is 2.92 bits per heavy atom. The van der Waals surface area contributed by atoms with Gasteiger partial charge in [0.15, 0.2) is 5.82 Å². The lowest BCUT2D eigenvalue weighted by atomic mass is 9.88. The van der Waals surface area contributed by atoms with Gasteiger partial charge in [0.2, 0.25) is 0 Å². The van der Waals surface area contributed by atoms with Gasteiger partial charge in [-0.1, -0.05) is 0 Å². The number of piperidine rings is 1. The van der Waals surface area contributed by atoms with Crippen molar-refractivity contribution in [2.75, 3.05) is 19.7 Å². The van der Waals surface area contributed by atoms with E-state index in [0.717, 1.165) is 44.7 Å². The first kappa shape index (κ1) is 15.6. The number of aromatic nitrogens is 1. The number of ether oxygens (including phenoxy) is 2. The van der Waals surface area contributed by atoms with E-state index in [4.69, 9.17) is 13.9 Å². The summed E-state index contributed by atoms with van der Waals surface area (Å²) < 4.78 is 30.8. The molecule has 1 unspecified atom stereocenters. The van der Waals surface area contributed by atoms with Crippen LogP contribution in [0, 0.1) is 5.82 Å². The average molecular weight is 332 g/mol. The molecule has 1 atom stereocenters. The third-order valence-corrected chi connectivity index (χ3v) is 4.90. The van der Waals surface area contributed by atoms with Crippen molar-refractivity contribution >= 4 is 0 Å². The minimum atomic E-state index is -0.424. The van der Waals surface area contributed by atoms with Crippen molar-refractivity contribution in [3.8, 4) is 5.88 Å². The Kier molecular flexibility index (Phi) is 4.24. The van der Waals surface area contributed by atoms with Gasteiger partial charge in [0.25, 0.3) is 5.88 Å². The highest BCUT2D eigenvalue weighted by Crippen LogP contribution is 2.37. The van der Waals surface area contributed by atoms with Crippen molar-refractivity contribution in [1.29, 1.82) is 0 Å². The Morgan fingerprint density at radius 1 is 1.29 bits per heavy atom. The summed E-state index contributed by atoms with van der Waals surface area (Å²) in [5.74, 6) is 0.634. The lowest BCUT2D eigenvalue weighted by molar-refractivity contribution is -0.0463. The first-order valence-electron chi connectivity index (χ1n) is 8.38. The molecule has 2 fully saturated rings. The molecule has 4 rings (SSSR count). The molecule has 0 saturated carbocycles. The molecule has 2 aliphatic rings. The van der Waals surface area contributed by atoms with Crippen molar-refractivity contribution < 1.29 is 18.3 Å². The first-order chi connectivity index (χ1) is 11.7. The summed E-state index contributed by atoms with van der Waals surface area (Å²) >= 11 is 0. The van der Waals surface area contributed by atoms with E-state index < -0.39 is 5.82 Å². The van der Waals surface area contributed by atoms with Gasteiger partial charge < -0.3 is 13.9 Å². The number of hydrogen-bond acceptors (Lipinski definition) is 5. The summed E-state index contributed by atoms with van der Waals surface area (Å²) in [7, 11) is 0. The third kappa shape index (κ3) is 3.30. The lowest BCUT2D eigenvalue weighted by Gasteiger charge is -2.38. The normalized spacial score (nSPS) is 23.6. The van der Waals surface area contributed by atoms with Gasteiger partial charge in [-0.05, 0) is 37.1 Å². The molecule has 2 saturated heterocycles. The molecule has 6 heteroatoms. The van der Waals surface area contributed by atoms with E-state index in [9.17, 15) is 4.39 Å². The first-order valence-corrected chi connectivity index (χ1v) is 8.38. The number of pyridine rings is 1. The standard InChI is InChI=1S/C18H21FN2O3/c19-16-4-1-7-20-17(16)24-15-11-18(23-13-15)5-8-21(9-6-18)12-14-3-2-10-22-14/h1-4,7,10,15H,5-6,8-9,11-13H2. The Labute approximate surface area is 140 Å². The molecular formula is C18H21FN2O3. The number of nitrogens with zero attached hydrogens (tertiary/aromatic N) is 2. The number of halogens is 1. The van der Waals surface area contributed by atoms with Gasteiger partial charge in [-0.3, -0.25) is 4.90 Å². The van der Waals surface area contributed by atoms with Crippen LogP contribution >= 0.6 is 0 Å². The summed E-state index contributed by atoms with van der Waals surface area (Å²) in [4.78, 5) is 6.33. The van der Waals surface area contributed by atoms with Crippen LogP contribution in [0.25, 0.3) is 0 Å². The zero-order valence-electron chi connectivity index (χ0n) is 13.5. The summed E-state index contributed by atoms with van der Waals surface area (Å²) in [5, 5.41) is 0. The van der Waals surface area contributed by atoms with Crippen LogP contribution in [0.5, 0.6) is 5.88 Å². The summed E-state index contributed by atoms with van der Waals surface area (Å²) in [5.41, 5.74) is -0.143. The van der Waals surface area contributed by atoms with Crippen LogP contribution in [0.3, 0.4) is 0 Å². The Morgan fingerprint density at radius 2 is 2.17 bits per heavy atom.